The topological polar surface area (TPSA) is 62.1 Å². The number of aryl methyl sites for hydroxylation is 1. The Morgan fingerprint density at radius 1 is 1.05 bits per heavy atom. The maximum absolute atomic E-state index is 12.7. The monoisotopic (exact) mass is 302 g/mol. The summed E-state index contributed by atoms with van der Waals surface area (Å²) in [5.41, 5.74) is 1.59. The number of nitrogens with one attached hydrogen (secondary N) is 2. The zero-order valence-corrected chi connectivity index (χ0v) is 12.2. The summed E-state index contributed by atoms with van der Waals surface area (Å²) in [4.78, 5) is 23.4. The number of amides is 2. The molecule has 1 aromatic heterocycles. The Morgan fingerprint density at radius 3 is 2.32 bits per heavy atom. The molecule has 1 aromatic carbocycles. The molecule has 0 atom stereocenters. The van der Waals surface area contributed by atoms with Gasteiger partial charge in [0.05, 0.1) is 6.54 Å². The molecule has 1 heterocycles. The van der Waals surface area contributed by atoms with Crippen LogP contribution in [0.25, 0.3) is 0 Å². The maximum atomic E-state index is 12.7. The highest BCUT2D eigenvalue weighted by Crippen LogP contribution is 2.07. The van der Waals surface area contributed by atoms with Gasteiger partial charge in [-0.15, -0.1) is 0 Å². The van der Waals surface area contributed by atoms with E-state index >= 15 is 0 Å². The number of anilines is 1. The van der Waals surface area contributed by atoms with Gasteiger partial charge >= 0.3 is 0 Å². The summed E-state index contributed by atoms with van der Waals surface area (Å²) >= 11 is 0. The predicted molar refractivity (Wildman–Crippen MR) is 79.4 cm³/mol. The summed E-state index contributed by atoms with van der Waals surface area (Å²) < 4.78 is 14.5. The molecule has 2 aromatic rings. The molecular weight excluding hydrogens is 285 g/mol. The minimum atomic E-state index is -0.374. The molecule has 2 N–H and O–H groups in total. The fourth-order valence-electron chi connectivity index (χ4n) is 1.78. The van der Waals surface area contributed by atoms with E-state index in [2.05, 4.69) is 10.6 Å². The number of carbonyl (C=O) groups is 2. The highest BCUT2D eigenvalue weighted by Gasteiger charge is 2.10. The predicted octanol–water partition coefficient (Wildman–Crippen LogP) is 1.18. The van der Waals surface area contributed by atoms with Crippen LogP contribution in [0.1, 0.15) is 5.56 Å². The largest absolute Gasteiger partial charge is 0.342 e. The first-order valence-electron chi connectivity index (χ1n) is 6.81. The summed E-state index contributed by atoms with van der Waals surface area (Å²) in [6, 6.07) is 9.21. The van der Waals surface area contributed by atoms with Gasteiger partial charge in [0, 0.05) is 17.8 Å². The van der Waals surface area contributed by atoms with Crippen LogP contribution in [0.4, 0.5) is 10.1 Å². The minimum Gasteiger partial charge on any atom is -0.342 e. The quantitative estimate of drug-likeness (QED) is 0.815. The molecule has 6 heteroatoms. The minimum absolute atomic E-state index is 0.136. The van der Waals surface area contributed by atoms with Crippen LogP contribution in [0.3, 0.4) is 0 Å². The maximum Gasteiger partial charge on any atom is 0.286 e. The molecule has 0 bridgehead atoms. The highest BCUT2D eigenvalue weighted by molar-refractivity contribution is 5.94. The van der Waals surface area contributed by atoms with Crippen LogP contribution in [0, 0.1) is 12.7 Å². The van der Waals surface area contributed by atoms with Gasteiger partial charge in [0.25, 0.3) is 5.91 Å². The lowest BCUT2D eigenvalue weighted by Gasteiger charge is -2.06. The van der Waals surface area contributed by atoms with E-state index in [0.717, 1.165) is 5.56 Å². The molecule has 0 aliphatic heterocycles. The number of hydrogen-bond donors (Lipinski definition) is 2. The number of benzene rings is 1. The fourth-order valence-corrected chi connectivity index (χ4v) is 1.78. The van der Waals surface area contributed by atoms with Crippen molar-refractivity contribution in [3.05, 3.63) is 60.2 Å². The van der Waals surface area contributed by atoms with Crippen molar-refractivity contribution in [2.45, 2.75) is 13.5 Å². The van der Waals surface area contributed by atoms with Crippen molar-refractivity contribution in [2.75, 3.05) is 11.9 Å². The Hall–Kier alpha value is -2.76. The molecule has 0 aliphatic rings. The van der Waals surface area contributed by atoms with E-state index in [9.17, 15) is 14.0 Å². The first-order valence-corrected chi connectivity index (χ1v) is 6.81. The lowest BCUT2D eigenvalue weighted by molar-refractivity contribution is -0.684. The first-order chi connectivity index (χ1) is 10.5. The fraction of sp³-hybridized carbons (Fsp3) is 0.188. The molecular formula is C16H17FN3O2+. The van der Waals surface area contributed by atoms with E-state index in [1.54, 1.807) is 17.0 Å². The van der Waals surface area contributed by atoms with E-state index in [1.807, 2.05) is 19.1 Å². The van der Waals surface area contributed by atoms with Gasteiger partial charge < -0.3 is 10.6 Å². The third-order valence-electron chi connectivity index (χ3n) is 2.96. The second kappa shape index (κ2) is 7.31. The number of halogens is 1. The van der Waals surface area contributed by atoms with Crippen LogP contribution in [0.15, 0.2) is 48.8 Å². The molecule has 0 unspecified atom stereocenters. The summed E-state index contributed by atoms with van der Waals surface area (Å²) in [5, 5.41) is 5.10. The molecule has 114 valence electrons. The number of aromatic nitrogens is 1. The van der Waals surface area contributed by atoms with Crippen LogP contribution in [-0.4, -0.2) is 18.4 Å². The third kappa shape index (κ3) is 4.97. The van der Waals surface area contributed by atoms with Gasteiger partial charge in [-0.2, -0.15) is 4.57 Å². The lowest BCUT2D eigenvalue weighted by Crippen LogP contribution is -2.44. The average molecular weight is 302 g/mol. The molecule has 0 radical (unpaired) electrons. The van der Waals surface area contributed by atoms with Gasteiger partial charge in [-0.3, -0.25) is 9.59 Å². The number of carbonyl (C=O) groups excluding carboxylic acids is 2. The van der Waals surface area contributed by atoms with E-state index in [-0.39, 0.29) is 30.7 Å². The van der Waals surface area contributed by atoms with Crippen molar-refractivity contribution in [3.63, 3.8) is 0 Å². The summed E-state index contributed by atoms with van der Waals surface area (Å²) in [5.74, 6) is -1.00. The van der Waals surface area contributed by atoms with Crippen molar-refractivity contribution < 1.29 is 18.5 Å². The first kappa shape index (κ1) is 15.6. The van der Waals surface area contributed by atoms with Gasteiger partial charge in [-0.1, -0.05) is 0 Å². The summed E-state index contributed by atoms with van der Waals surface area (Å²) in [7, 11) is 0. The number of pyridine rings is 1. The Labute approximate surface area is 127 Å². The van der Waals surface area contributed by atoms with Crippen molar-refractivity contribution in [2.24, 2.45) is 0 Å². The molecule has 0 saturated carbocycles. The standard InChI is InChI=1S/C16H16FN3O2/c1-12-6-8-20(9-7-12)11-16(22)18-10-15(21)19-14-4-2-13(17)3-5-14/h2-9H,10-11H2,1H3,(H-,18,19,21,22)/p+1. The van der Waals surface area contributed by atoms with Crippen molar-refractivity contribution in [1.82, 2.24) is 5.32 Å². The number of nitrogens with zero attached hydrogens (tertiary/aromatic N) is 1. The third-order valence-corrected chi connectivity index (χ3v) is 2.96. The zero-order chi connectivity index (χ0) is 15.9. The van der Waals surface area contributed by atoms with Crippen molar-refractivity contribution >= 4 is 17.5 Å². The Kier molecular flexibility index (Phi) is 5.19. The van der Waals surface area contributed by atoms with Crippen molar-refractivity contribution in [3.8, 4) is 0 Å². The van der Waals surface area contributed by atoms with E-state index < -0.39 is 0 Å². The second-order valence-corrected chi connectivity index (χ2v) is 4.88. The molecule has 2 rings (SSSR count). The second-order valence-electron chi connectivity index (χ2n) is 4.88. The Balaban J connectivity index is 1.76. The van der Waals surface area contributed by atoms with Gasteiger partial charge in [-0.05, 0) is 36.8 Å². The van der Waals surface area contributed by atoms with Crippen LogP contribution >= 0.6 is 0 Å². The van der Waals surface area contributed by atoms with Gasteiger partial charge in [-0.25, -0.2) is 4.39 Å². The van der Waals surface area contributed by atoms with Crippen LogP contribution in [0.5, 0.6) is 0 Å². The zero-order valence-electron chi connectivity index (χ0n) is 12.2. The highest BCUT2D eigenvalue weighted by atomic mass is 19.1. The normalized spacial score (nSPS) is 10.1. The van der Waals surface area contributed by atoms with Gasteiger partial charge in [0.1, 0.15) is 5.82 Å². The van der Waals surface area contributed by atoms with E-state index in [0.29, 0.717) is 5.69 Å². The molecule has 0 spiro atoms. The SMILES string of the molecule is Cc1cc[n+](CC(=O)NCC(=O)Nc2ccc(F)cc2)cc1. The van der Waals surface area contributed by atoms with Crippen molar-refractivity contribution in [1.29, 1.82) is 0 Å². The molecule has 22 heavy (non-hydrogen) atoms. The van der Waals surface area contributed by atoms with E-state index in [1.165, 1.54) is 24.3 Å². The summed E-state index contributed by atoms with van der Waals surface area (Å²) in [6.45, 7) is 1.97. The van der Waals surface area contributed by atoms with Crippen LogP contribution in [0.2, 0.25) is 0 Å². The van der Waals surface area contributed by atoms with Gasteiger partial charge in [0.15, 0.2) is 12.4 Å². The molecule has 0 aliphatic carbocycles. The Bertz CT molecular complexity index is 595. The van der Waals surface area contributed by atoms with Crippen LogP contribution in [-0.2, 0) is 16.1 Å². The van der Waals surface area contributed by atoms with Gasteiger partial charge in [0.2, 0.25) is 12.5 Å². The number of rotatable bonds is 5. The molecule has 0 fully saturated rings. The molecule has 0 saturated heterocycles. The Morgan fingerprint density at radius 2 is 1.68 bits per heavy atom. The smallest absolute Gasteiger partial charge is 0.286 e. The molecule has 2 amide bonds. The average Bonchev–Trinajstić information content (AvgIpc) is 2.50. The van der Waals surface area contributed by atoms with E-state index in [4.69, 9.17) is 0 Å². The van der Waals surface area contributed by atoms with Crippen LogP contribution < -0.4 is 15.2 Å². The lowest BCUT2D eigenvalue weighted by atomic mass is 10.3. The number of hydrogen-bond acceptors (Lipinski definition) is 2. The summed E-state index contributed by atoms with van der Waals surface area (Å²) in [6.07, 6.45) is 3.60. The molecule has 5 nitrogen and oxygen atoms in total.